The second-order valence-corrected chi connectivity index (χ2v) is 5.16. The Morgan fingerprint density at radius 3 is 2.38 bits per heavy atom. The third-order valence-corrected chi connectivity index (χ3v) is 3.51. The van der Waals surface area contributed by atoms with Crippen LogP contribution in [0.5, 0.6) is 5.75 Å². The van der Waals surface area contributed by atoms with Gasteiger partial charge in [0.1, 0.15) is 5.75 Å². The summed E-state index contributed by atoms with van der Waals surface area (Å²) >= 11 is 5.80. The number of ketones is 1. The molecule has 3 rings (SSSR count). The zero-order valence-corrected chi connectivity index (χ0v) is 12.0. The predicted molar refractivity (Wildman–Crippen MR) is 85.2 cm³/mol. The molecule has 3 heteroatoms. The monoisotopic (exact) mass is 296 g/mol. The normalized spacial score (nSPS) is 10.5. The smallest absolute Gasteiger partial charge is 0.200 e. The van der Waals surface area contributed by atoms with Crippen LogP contribution in [0, 0.1) is 0 Å². The van der Waals surface area contributed by atoms with E-state index in [4.69, 9.17) is 16.3 Å². The Kier molecular flexibility index (Phi) is 3.89. The number of ether oxygens (including phenoxy) is 1. The zero-order chi connectivity index (χ0) is 14.7. The SMILES string of the molecule is O=C(COc1ccc(Cl)cc1)c1ccc2ccccc2c1. The van der Waals surface area contributed by atoms with Crippen molar-refractivity contribution in [1.82, 2.24) is 0 Å². The topological polar surface area (TPSA) is 26.3 Å². The Morgan fingerprint density at radius 1 is 0.905 bits per heavy atom. The molecule has 0 amide bonds. The average Bonchev–Trinajstić information content (AvgIpc) is 2.53. The maximum Gasteiger partial charge on any atom is 0.200 e. The van der Waals surface area contributed by atoms with E-state index in [9.17, 15) is 4.79 Å². The van der Waals surface area contributed by atoms with E-state index in [-0.39, 0.29) is 12.4 Å². The van der Waals surface area contributed by atoms with Gasteiger partial charge in [0.2, 0.25) is 0 Å². The molecule has 0 saturated heterocycles. The van der Waals surface area contributed by atoms with Crippen LogP contribution in [0.1, 0.15) is 10.4 Å². The number of halogens is 1. The average molecular weight is 297 g/mol. The summed E-state index contributed by atoms with van der Waals surface area (Å²) in [7, 11) is 0. The summed E-state index contributed by atoms with van der Waals surface area (Å²) in [5.41, 5.74) is 0.655. The Balaban J connectivity index is 1.73. The molecule has 0 N–H and O–H groups in total. The van der Waals surface area contributed by atoms with Crippen LogP contribution < -0.4 is 4.74 Å². The van der Waals surface area contributed by atoms with Crippen LogP contribution in [0.25, 0.3) is 10.8 Å². The lowest BCUT2D eigenvalue weighted by Gasteiger charge is -2.06. The molecule has 0 aromatic heterocycles. The van der Waals surface area contributed by atoms with Crippen LogP contribution >= 0.6 is 11.6 Å². The number of carbonyl (C=O) groups is 1. The van der Waals surface area contributed by atoms with Crippen LogP contribution in [0.4, 0.5) is 0 Å². The molecule has 0 unspecified atom stereocenters. The molecule has 0 radical (unpaired) electrons. The number of hydrogen-bond acceptors (Lipinski definition) is 2. The number of rotatable bonds is 4. The van der Waals surface area contributed by atoms with Gasteiger partial charge in [-0.2, -0.15) is 0 Å². The summed E-state index contributed by atoms with van der Waals surface area (Å²) in [6.07, 6.45) is 0. The number of Topliss-reactive ketones (excluding diaryl/α,β-unsaturated/α-hetero) is 1. The molecule has 2 nitrogen and oxygen atoms in total. The van der Waals surface area contributed by atoms with Crippen molar-refractivity contribution in [2.75, 3.05) is 6.61 Å². The fraction of sp³-hybridized carbons (Fsp3) is 0.0556. The highest BCUT2D eigenvalue weighted by molar-refractivity contribution is 6.30. The van der Waals surface area contributed by atoms with Gasteiger partial charge >= 0.3 is 0 Å². The maximum absolute atomic E-state index is 12.2. The summed E-state index contributed by atoms with van der Waals surface area (Å²) in [5.74, 6) is 0.587. The minimum atomic E-state index is -0.0456. The second-order valence-electron chi connectivity index (χ2n) is 4.73. The van der Waals surface area contributed by atoms with E-state index in [1.165, 1.54) is 0 Å². The van der Waals surface area contributed by atoms with Gasteiger partial charge in [0, 0.05) is 10.6 Å². The minimum Gasteiger partial charge on any atom is -0.485 e. The molecule has 3 aromatic carbocycles. The van der Waals surface area contributed by atoms with Gasteiger partial charge in [0.15, 0.2) is 12.4 Å². The lowest BCUT2D eigenvalue weighted by Crippen LogP contribution is -2.11. The van der Waals surface area contributed by atoms with Crippen molar-refractivity contribution >= 4 is 28.2 Å². The van der Waals surface area contributed by atoms with Gasteiger partial charge in [-0.1, -0.05) is 48.0 Å². The van der Waals surface area contributed by atoms with Crippen LogP contribution in [0.15, 0.2) is 66.7 Å². The first kappa shape index (κ1) is 13.7. The third kappa shape index (κ3) is 3.23. The van der Waals surface area contributed by atoms with Crippen molar-refractivity contribution in [2.24, 2.45) is 0 Å². The fourth-order valence-corrected chi connectivity index (χ4v) is 2.25. The van der Waals surface area contributed by atoms with Gasteiger partial charge in [-0.15, -0.1) is 0 Å². The molecule has 104 valence electrons. The summed E-state index contributed by atoms with van der Waals surface area (Å²) in [5, 5.41) is 2.81. The second kappa shape index (κ2) is 5.98. The number of carbonyl (C=O) groups excluding carboxylic acids is 1. The zero-order valence-electron chi connectivity index (χ0n) is 11.3. The summed E-state index contributed by atoms with van der Waals surface area (Å²) < 4.78 is 5.48. The van der Waals surface area contributed by atoms with Gasteiger partial charge in [0.05, 0.1) is 0 Å². The first-order chi connectivity index (χ1) is 10.2. The minimum absolute atomic E-state index is 0.0139. The predicted octanol–water partition coefficient (Wildman–Crippen LogP) is 4.75. The Morgan fingerprint density at radius 2 is 1.62 bits per heavy atom. The van der Waals surface area contributed by atoms with E-state index >= 15 is 0 Å². The first-order valence-electron chi connectivity index (χ1n) is 6.63. The van der Waals surface area contributed by atoms with E-state index < -0.39 is 0 Å². The highest BCUT2D eigenvalue weighted by Crippen LogP contribution is 2.18. The van der Waals surface area contributed by atoms with Crippen molar-refractivity contribution in [3.8, 4) is 5.75 Å². The standard InChI is InChI=1S/C18H13ClO2/c19-16-7-9-17(10-8-16)21-12-18(20)15-6-5-13-3-1-2-4-14(13)11-15/h1-11H,12H2. The molecule has 0 fully saturated rings. The van der Waals surface area contributed by atoms with Crippen molar-refractivity contribution < 1.29 is 9.53 Å². The third-order valence-electron chi connectivity index (χ3n) is 3.26. The lowest BCUT2D eigenvalue weighted by atomic mass is 10.0. The highest BCUT2D eigenvalue weighted by Gasteiger charge is 2.07. The number of fused-ring (bicyclic) bond motifs is 1. The van der Waals surface area contributed by atoms with E-state index in [1.54, 1.807) is 24.3 Å². The summed E-state index contributed by atoms with van der Waals surface area (Å²) in [6.45, 7) is 0.0139. The quantitative estimate of drug-likeness (QED) is 0.649. The Bertz CT molecular complexity index is 779. The molecule has 0 saturated carbocycles. The van der Waals surface area contributed by atoms with Crippen molar-refractivity contribution in [2.45, 2.75) is 0 Å². The molecule has 0 atom stereocenters. The molecule has 0 aliphatic carbocycles. The molecule has 0 aliphatic heterocycles. The van der Waals surface area contributed by atoms with Crippen molar-refractivity contribution in [3.63, 3.8) is 0 Å². The summed E-state index contributed by atoms with van der Waals surface area (Å²) in [4.78, 5) is 12.2. The number of hydrogen-bond donors (Lipinski definition) is 0. The molecular formula is C18H13ClO2. The molecule has 0 bridgehead atoms. The number of benzene rings is 3. The van der Waals surface area contributed by atoms with E-state index in [0.29, 0.717) is 16.3 Å². The Hall–Kier alpha value is -2.32. The fourth-order valence-electron chi connectivity index (χ4n) is 2.13. The van der Waals surface area contributed by atoms with Gasteiger partial charge in [-0.3, -0.25) is 4.79 Å². The van der Waals surface area contributed by atoms with Crippen LogP contribution in [-0.2, 0) is 0 Å². The molecule has 21 heavy (non-hydrogen) atoms. The molecule has 0 aliphatic rings. The van der Waals surface area contributed by atoms with Gasteiger partial charge in [-0.05, 0) is 41.1 Å². The van der Waals surface area contributed by atoms with Gasteiger partial charge < -0.3 is 4.74 Å². The summed E-state index contributed by atoms with van der Waals surface area (Å²) in [6, 6.07) is 20.6. The van der Waals surface area contributed by atoms with Crippen LogP contribution in [-0.4, -0.2) is 12.4 Å². The van der Waals surface area contributed by atoms with Crippen LogP contribution in [0.3, 0.4) is 0 Å². The van der Waals surface area contributed by atoms with E-state index in [2.05, 4.69) is 0 Å². The maximum atomic E-state index is 12.2. The Labute approximate surface area is 127 Å². The first-order valence-corrected chi connectivity index (χ1v) is 7.00. The van der Waals surface area contributed by atoms with E-state index in [1.807, 2.05) is 42.5 Å². The van der Waals surface area contributed by atoms with E-state index in [0.717, 1.165) is 10.8 Å². The molecule has 0 spiro atoms. The van der Waals surface area contributed by atoms with Gasteiger partial charge in [0.25, 0.3) is 0 Å². The van der Waals surface area contributed by atoms with Gasteiger partial charge in [-0.25, -0.2) is 0 Å². The van der Waals surface area contributed by atoms with Crippen molar-refractivity contribution in [3.05, 3.63) is 77.3 Å². The molecule has 3 aromatic rings. The largest absolute Gasteiger partial charge is 0.485 e. The highest BCUT2D eigenvalue weighted by atomic mass is 35.5. The molecular weight excluding hydrogens is 284 g/mol. The lowest BCUT2D eigenvalue weighted by molar-refractivity contribution is 0.0921. The molecule has 0 heterocycles. The van der Waals surface area contributed by atoms with Crippen LogP contribution in [0.2, 0.25) is 5.02 Å². The van der Waals surface area contributed by atoms with Crippen molar-refractivity contribution in [1.29, 1.82) is 0 Å².